The van der Waals surface area contributed by atoms with Crippen LogP contribution in [0.1, 0.15) is 40.4 Å². The lowest BCUT2D eigenvalue weighted by atomic mass is 9.93. The van der Waals surface area contributed by atoms with Gasteiger partial charge in [0.1, 0.15) is 16.9 Å². The van der Waals surface area contributed by atoms with Crippen LogP contribution >= 0.6 is 11.6 Å². The van der Waals surface area contributed by atoms with Gasteiger partial charge >= 0.3 is 5.97 Å². The summed E-state index contributed by atoms with van der Waals surface area (Å²) < 4.78 is 1.68. The van der Waals surface area contributed by atoms with Crippen LogP contribution in [0.2, 0.25) is 5.02 Å². The van der Waals surface area contributed by atoms with Gasteiger partial charge in [0, 0.05) is 11.6 Å². The molecule has 0 saturated carbocycles. The molecule has 0 aliphatic heterocycles. The van der Waals surface area contributed by atoms with Crippen LogP contribution in [0.5, 0.6) is 0 Å². The zero-order valence-electron chi connectivity index (χ0n) is 12.2. The summed E-state index contributed by atoms with van der Waals surface area (Å²) in [6, 6.07) is 1.70. The maximum atomic E-state index is 11.6. The molecule has 0 aromatic carbocycles. The number of rotatable bonds is 2. The second-order valence-corrected chi connectivity index (χ2v) is 6.82. The van der Waals surface area contributed by atoms with Gasteiger partial charge in [0.05, 0.1) is 5.02 Å². The van der Waals surface area contributed by atoms with Crippen LogP contribution in [-0.4, -0.2) is 25.6 Å². The molecule has 2 heterocycles. The third kappa shape index (κ3) is 2.26. The SMILES string of the molecule is CC(C)(C)c1nc2cc(Cl)cnc2n1C(C)(C)C(=O)O. The number of carboxylic acids is 1. The lowest BCUT2D eigenvalue weighted by Gasteiger charge is -2.28. The second kappa shape index (κ2) is 4.45. The number of hydrogen-bond acceptors (Lipinski definition) is 3. The fourth-order valence-electron chi connectivity index (χ4n) is 2.07. The standard InChI is InChI=1S/C14H18ClN3O2/c1-13(2,3)11-17-9-6-8(15)7-16-10(9)18(11)14(4,5)12(19)20/h6-7H,1-5H3,(H,19,20). The van der Waals surface area contributed by atoms with Gasteiger partial charge < -0.3 is 5.11 Å². The molecule has 2 aromatic rings. The van der Waals surface area contributed by atoms with E-state index < -0.39 is 11.5 Å². The first kappa shape index (κ1) is 14.8. The quantitative estimate of drug-likeness (QED) is 0.924. The van der Waals surface area contributed by atoms with E-state index in [0.29, 0.717) is 22.0 Å². The predicted octanol–water partition coefficient (Wildman–Crippen LogP) is 3.20. The minimum Gasteiger partial charge on any atom is -0.480 e. The fourth-order valence-corrected chi connectivity index (χ4v) is 2.22. The first-order valence-corrected chi connectivity index (χ1v) is 6.71. The highest BCUT2D eigenvalue weighted by Crippen LogP contribution is 2.32. The monoisotopic (exact) mass is 295 g/mol. The third-order valence-electron chi connectivity index (χ3n) is 3.22. The van der Waals surface area contributed by atoms with Crippen LogP contribution in [0.25, 0.3) is 11.2 Å². The first-order chi connectivity index (χ1) is 9.05. The smallest absolute Gasteiger partial charge is 0.329 e. The highest BCUT2D eigenvalue weighted by molar-refractivity contribution is 6.31. The molecule has 0 unspecified atom stereocenters. The van der Waals surface area contributed by atoms with Crippen molar-refractivity contribution in [2.45, 2.75) is 45.6 Å². The summed E-state index contributed by atoms with van der Waals surface area (Å²) in [6.07, 6.45) is 1.51. The van der Waals surface area contributed by atoms with Crippen molar-refractivity contribution in [2.75, 3.05) is 0 Å². The van der Waals surface area contributed by atoms with Crippen molar-refractivity contribution in [2.24, 2.45) is 0 Å². The Morgan fingerprint density at radius 3 is 2.40 bits per heavy atom. The molecule has 0 spiro atoms. The molecule has 5 nitrogen and oxygen atoms in total. The molecule has 2 rings (SSSR count). The number of aliphatic carboxylic acids is 1. The van der Waals surface area contributed by atoms with Crippen LogP contribution in [0.15, 0.2) is 12.3 Å². The van der Waals surface area contributed by atoms with Crippen molar-refractivity contribution in [3.63, 3.8) is 0 Å². The van der Waals surface area contributed by atoms with Crippen LogP contribution < -0.4 is 0 Å². The van der Waals surface area contributed by atoms with E-state index in [-0.39, 0.29) is 5.41 Å². The summed E-state index contributed by atoms with van der Waals surface area (Å²) in [6.45, 7) is 9.25. The fraction of sp³-hybridized carbons (Fsp3) is 0.500. The zero-order valence-corrected chi connectivity index (χ0v) is 13.0. The van der Waals surface area contributed by atoms with E-state index in [1.165, 1.54) is 6.20 Å². The molecule has 6 heteroatoms. The van der Waals surface area contributed by atoms with Crippen molar-refractivity contribution < 1.29 is 9.90 Å². The van der Waals surface area contributed by atoms with E-state index in [1.54, 1.807) is 24.5 Å². The molecule has 0 atom stereocenters. The minimum absolute atomic E-state index is 0.306. The Morgan fingerprint density at radius 2 is 1.90 bits per heavy atom. The lowest BCUT2D eigenvalue weighted by molar-refractivity contribution is -0.145. The molecule has 0 bridgehead atoms. The van der Waals surface area contributed by atoms with E-state index in [0.717, 1.165) is 0 Å². The van der Waals surface area contributed by atoms with Crippen molar-refractivity contribution in [1.29, 1.82) is 0 Å². The number of halogens is 1. The van der Waals surface area contributed by atoms with E-state index >= 15 is 0 Å². The summed E-state index contributed by atoms with van der Waals surface area (Å²) in [4.78, 5) is 20.4. The van der Waals surface area contributed by atoms with Gasteiger partial charge in [-0.15, -0.1) is 0 Å². The molecule has 0 amide bonds. The second-order valence-electron chi connectivity index (χ2n) is 6.38. The molecule has 2 aromatic heterocycles. The molecule has 0 fully saturated rings. The number of fused-ring (bicyclic) bond motifs is 1. The summed E-state index contributed by atoms with van der Waals surface area (Å²) in [5, 5.41) is 10.00. The van der Waals surface area contributed by atoms with Crippen LogP contribution in [0, 0.1) is 0 Å². The number of carbonyl (C=O) groups is 1. The van der Waals surface area contributed by atoms with Crippen molar-refractivity contribution in [3.8, 4) is 0 Å². The molecule has 108 valence electrons. The number of aromatic nitrogens is 3. The third-order valence-corrected chi connectivity index (χ3v) is 3.42. The molecular weight excluding hydrogens is 278 g/mol. The molecule has 0 aliphatic carbocycles. The molecule has 0 aliphatic rings. The van der Waals surface area contributed by atoms with Crippen LogP contribution in [-0.2, 0) is 15.7 Å². The van der Waals surface area contributed by atoms with Gasteiger partial charge in [0.25, 0.3) is 0 Å². The topological polar surface area (TPSA) is 68.0 Å². The Hall–Kier alpha value is -1.62. The molecule has 20 heavy (non-hydrogen) atoms. The Morgan fingerprint density at radius 1 is 1.30 bits per heavy atom. The van der Waals surface area contributed by atoms with Gasteiger partial charge in [-0.1, -0.05) is 32.4 Å². The van der Waals surface area contributed by atoms with Gasteiger partial charge in [-0.2, -0.15) is 0 Å². The summed E-state index contributed by atoms with van der Waals surface area (Å²) in [7, 11) is 0. The summed E-state index contributed by atoms with van der Waals surface area (Å²) >= 11 is 5.94. The van der Waals surface area contributed by atoms with E-state index in [9.17, 15) is 9.90 Å². The highest BCUT2D eigenvalue weighted by atomic mass is 35.5. The van der Waals surface area contributed by atoms with Gasteiger partial charge in [-0.3, -0.25) is 4.57 Å². The largest absolute Gasteiger partial charge is 0.480 e. The number of hydrogen-bond donors (Lipinski definition) is 1. The Kier molecular flexibility index (Phi) is 3.29. The van der Waals surface area contributed by atoms with Crippen molar-refractivity contribution in [1.82, 2.24) is 14.5 Å². The molecule has 1 N–H and O–H groups in total. The number of nitrogens with zero attached hydrogens (tertiary/aromatic N) is 3. The van der Waals surface area contributed by atoms with E-state index in [2.05, 4.69) is 9.97 Å². The number of imidazole rings is 1. The predicted molar refractivity (Wildman–Crippen MR) is 78.2 cm³/mol. The molecule has 0 saturated heterocycles. The van der Waals surface area contributed by atoms with Gasteiger partial charge in [0.2, 0.25) is 0 Å². The average Bonchev–Trinajstić information content (AvgIpc) is 2.67. The Bertz CT molecular complexity index is 684. The van der Waals surface area contributed by atoms with Gasteiger partial charge in [-0.05, 0) is 19.9 Å². The maximum absolute atomic E-state index is 11.6. The summed E-state index contributed by atoms with van der Waals surface area (Å²) in [5.41, 5.74) is -0.304. The zero-order chi connectivity index (χ0) is 15.3. The van der Waals surface area contributed by atoms with E-state index in [4.69, 9.17) is 11.6 Å². The Labute approximate surface area is 122 Å². The van der Waals surface area contributed by atoms with Crippen molar-refractivity contribution >= 4 is 28.7 Å². The summed E-state index contributed by atoms with van der Waals surface area (Å²) in [5.74, 6) is -0.256. The normalized spacial score (nSPS) is 12.9. The highest BCUT2D eigenvalue weighted by Gasteiger charge is 2.37. The van der Waals surface area contributed by atoms with E-state index in [1.807, 2.05) is 20.8 Å². The maximum Gasteiger partial charge on any atom is 0.329 e. The lowest BCUT2D eigenvalue weighted by Crippen LogP contribution is -2.39. The van der Waals surface area contributed by atoms with Crippen LogP contribution in [0.4, 0.5) is 0 Å². The van der Waals surface area contributed by atoms with Crippen LogP contribution in [0.3, 0.4) is 0 Å². The first-order valence-electron chi connectivity index (χ1n) is 6.33. The van der Waals surface area contributed by atoms with Crippen molar-refractivity contribution in [3.05, 3.63) is 23.1 Å². The number of pyridine rings is 1. The number of carboxylic acid groups (broad SMARTS) is 1. The molecular formula is C14H18ClN3O2. The molecule has 0 radical (unpaired) electrons. The Balaban J connectivity index is 2.89. The van der Waals surface area contributed by atoms with Gasteiger partial charge in [0.15, 0.2) is 5.65 Å². The van der Waals surface area contributed by atoms with Gasteiger partial charge in [-0.25, -0.2) is 14.8 Å². The average molecular weight is 296 g/mol. The minimum atomic E-state index is -1.14.